The summed E-state index contributed by atoms with van der Waals surface area (Å²) in [5, 5.41) is 21.5. The number of carbonyl (C=O) groups is 5. The molecular weight excluding hydrogens is 589 g/mol. The van der Waals surface area contributed by atoms with Gasteiger partial charge in [-0.05, 0) is 43.5 Å². The van der Waals surface area contributed by atoms with Gasteiger partial charge in [-0.1, -0.05) is 52.6 Å². The molecule has 2 saturated heterocycles. The third-order valence-corrected chi connectivity index (χ3v) is 7.52. The topological polar surface area (TPSA) is 158 Å². The van der Waals surface area contributed by atoms with E-state index in [1.165, 1.54) is 5.01 Å². The maximum absolute atomic E-state index is 13.6. The number of nitrogens with one attached hydrogen (secondary N) is 2. The van der Waals surface area contributed by atoms with Gasteiger partial charge in [0, 0.05) is 34.1 Å². The van der Waals surface area contributed by atoms with Gasteiger partial charge in [0.1, 0.15) is 18.7 Å². The van der Waals surface area contributed by atoms with Gasteiger partial charge in [0.2, 0.25) is 11.8 Å². The van der Waals surface area contributed by atoms with Gasteiger partial charge < -0.3 is 20.6 Å². The van der Waals surface area contributed by atoms with Crippen LogP contribution in [-0.2, 0) is 30.6 Å². The molecule has 2 aliphatic rings. The maximum Gasteiger partial charge on any atom is 0.305 e. The molecule has 4 amide bonds. The lowest BCUT2D eigenvalue weighted by Gasteiger charge is -2.43. The number of amides is 4. The smallest absolute Gasteiger partial charge is 0.305 e. The first-order valence-electron chi connectivity index (χ1n) is 13.3. The van der Waals surface area contributed by atoms with Gasteiger partial charge in [-0.25, -0.2) is 5.01 Å². The SMILES string of the molecule is O=C(O)CC(C=NOCc1c(Cl)cccc1Cl)NC(=O)C1CCCN2C(=O)CCC(NC(=O)c3ccccc3)C(=O)N12. The van der Waals surface area contributed by atoms with Crippen LogP contribution in [0.4, 0.5) is 0 Å². The fourth-order valence-electron chi connectivity index (χ4n) is 4.73. The summed E-state index contributed by atoms with van der Waals surface area (Å²) in [4.78, 5) is 69.5. The Hall–Kier alpha value is -4.16. The van der Waals surface area contributed by atoms with Crippen LogP contribution in [0.25, 0.3) is 0 Å². The van der Waals surface area contributed by atoms with Crippen molar-refractivity contribution in [2.75, 3.05) is 6.54 Å². The zero-order valence-electron chi connectivity index (χ0n) is 22.4. The summed E-state index contributed by atoms with van der Waals surface area (Å²) in [6.45, 7) is 0.132. The molecule has 2 aromatic rings. The predicted molar refractivity (Wildman–Crippen MR) is 152 cm³/mol. The van der Waals surface area contributed by atoms with E-state index in [1.807, 2.05) is 0 Å². The first-order chi connectivity index (χ1) is 20.2. The fraction of sp³-hybridized carbons (Fsp3) is 0.357. The van der Waals surface area contributed by atoms with E-state index in [4.69, 9.17) is 28.0 Å². The standard InChI is InChI=1S/C28H29Cl2N5O7/c29-20-8-4-9-21(30)19(20)16-42-31-15-18(14-25(37)38)32-27(40)23-10-5-13-34-24(36)12-11-22(28(41)35(23)34)33-26(39)17-6-2-1-3-7-17/h1-4,6-9,15,18,22-23H,5,10-14,16H2,(H,32,40)(H,33,39)(H,37,38). The highest BCUT2D eigenvalue weighted by atomic mass is 35.5. The van der Waals surface area contributed by atoms with Crippen LogP contribution < -0.4 is 10.6 Å². The third-order valence-electron chi connectivity index (χ3n) is 6.81. The number of oxime groups is 1. The minimum Gasteiger partial charge on any atom is -0.481 e. The number of rotatable bonds is 10. The molecule has 12 nitrogen and oxygen atoms in total. The van der Waals surface area contributed by atoms with Crippen molar-refractivity contribution < 1.29 is 33.9 Å². The number of hydrogen-bond acceptors (Lipinski definition) is 7. The van der Waals surface area contributed by atoms with Gasteiger partial charge in [-0.3, -0.25) is 29.0 Å². The van der Waals surface area contributed by atoms with E-state index < -0.39 is 48.2 Å². The van der Waals surface area contributed by atoms with E-state index >= 15 is 0 Å². The minimum absolute atomic E-state index is 0.00258. The van der Waals surface area contributed by atoms with Gasteiger partial charge in [-0.15, -0.1) is 0 Å². The predicted octanol–water partition coefficient (Wildman–Crippen LogP) is 2.78. The molecule has 2 fully saturated rings. The fourth-order valence-corrected chi connectivity index (χ4v) is 5.24. The molecule has 3 atom stereocenters. The number of fused-ring (bicyclic) bond motifs is 1. The summed E-state index contributed by atoms with van der Waals surface area (Å²) in [5.41, 5.74) is 0.831. The Bertz CT molecular complexity index is 1350. The molecule has 0 aliphatic carbocycles. The van der Waals surface area contributed by atoms with Gasteiger partial charge in [-0.2, -0.15) is 0 Å². The molecule has 0 aromatic heterocycles. The number of hydrazine groups is 1. The number of carboxylic acid groups (broad SMARTS) is 1. The molecule has 2 aliphatic heterocycles. The molecule has 222 valence electrons. The molecule has 3 N–H and O–H groups in total. The average Bonchev–Trinajstić information content (AvgIpc) is 3.08. The van der Waals surface area contributed by atoms with Crippen LogP contribution in [0, 0.1) is 0 Å². The summed E-state index contributed by atoms with van der Waals surface area (Å²) in [7, 11) is 0. The Morgan fingerprint density at radius 2 is 1.79 bits per heavy atom. The minimum atomic E-state index is -1.21. The second-order valence-electron chi connectivity index (χ2n) is 9.73. The summed E-state index contributed by atoms with van der Waals surface area (Å²) < 4.78 is 0. The molecule has 0 spiro atoms. The summed E-state index contributed by atoms with van der Waals surface area (Å²) in [6, 6.07) is 10.0. The Kier molecular flexibility index (Phi) is 10.4. The van der Waals surface area contributed by atoms with Gasteiger partial charge in [0.05, 0.1) is 18.7 Å². The molecule has 4 rings (SSSR count). The van der Waals surface area contributed by atoms with Gasteiger partial charge in [0.15, 0.2) is 0 Å². The lowest BCUT2D eigenvalue weighted by atomic mass is 10.0. The van der Waals surface area contributed by atoms with Crippen molar-refractivity contribution in [3.63, 3.8) is 0 Å². The number of benzene rings is 2. The lowest BCUT2D eigenvalue weighted by molar-refractivity contribution is -0.176. The van der Waals surface area contributed by atoms with E-state index in [9.17, 15) is 29.1 Å². The number of carboxylic acids is 1. The molecule has 2 heterocycles. The van der Waals surface area contributed by atoms with Crippen LogP contribution in [0.5, 0.6) is 0 Å². The summed E-state index contributed by atoms with van der Waals surface area (Å²) in [6.07, 6.45) is 1.32. The highest BCUT2D eigenvalue weighted by Crippen LogP contribution is 2.26. The van der Waals surface area contributed by atoms with Crippen LogP contribution in [0.2, 0.25) is 10.0 Å². The van der Waals surface area contributed by atoms with Crippen molar-refractivity contribution in [2.45, 2.75) is 56.8 Å². The van der Waals surface area contributed by atoms with Crippen LogP contribution in [0.3, 0.4) is 0 Å². The van der Waals surface area contributed by atoms with Gasteiger partial charge in [0.25, 0.3) is 11.8 Å². The molecule has 2 aromatic carbocycles. The molecule has 14 heteroatoms. The maximum atomic E-state index is 13.6. The first-order valence-corrected chi connectivity index (χ1v) is 14.0. The quantitative estimate of drug-likeness (QED) is 0.273. The van der Waals surface area contributed by atoms with E-state index in [0.29, 0.717) is 27.6 Å². The summed E-state index contributed by atoms with van der Waals surface area (Å²) in [5.74, 6) is -3.33. The van der Waals surface area contributed by atoms with Crippen LogP contribution in [0.15, 0.2) is 53.7 Å². The van der Waals surface area contributed by atoms with Crippen molar-refractivity contribution in [3.8, 4) is 0 Å². The largest absolute Gasteiger partial charge is 0.481 e. The summed E-state index contributed by atoms with van der Waals surface area (Å²) >= 11 is 12.2. The van der Waals surface area contributed by atoms with E-state index in [0.717, 1.165) is 11.2 Å². The number of aliphatic carboxylic acids is 1. The number of carbonyl (C=O) groups excluding carboxylic acids is 4. The second-order valence-corrected chi connectivity index (χ2v) is 10.5. The number of halogens is 2. The van der Waals surface area contributed by atoms with Crippen molar-refractivity contribution in [1.82, 2.24) is 20.7 Å². The van der Waals surface area contributed by atoms with Crippen LogP contribution in [0.1, 0.15) is 48.0 Å². The van der Waals surface area contributed by atoms with Crippen LogP contribution in [-0.4, -0.2) is 75.6 Å². The van der Waals surface area contributed by atoms with Gasteiger partial charge >= 0.3 is 5.97 Å². The average molecular weight is 618 g/mol. The molecular formula is C28H29Cl2N5O7. The van der Waals surface area contributed by atoms with E-state index in [2.05, 4.69) is 15.8 Å². The molecule has 0 saturated carbocycles. The number of nitrogens with zero attached hydrogens (tertiary/aromatic N) is 3. The molecule has 3 unspecified atom stereocenters. The first kappa shape index (κ1) is 30.8. The van der Waals surface area contributed by atoms with Crippen molar-refractivity contribution in [3.05, 3.63) is 69.7 Å². The molecule has 42 heavy (non-hydrogen) atoms. The normalized spacial score (nSPS) is 19.6. The zero-order chi connectivity index (χ0) is 30.2. The second kappa shape index (κ2) is 14.1. The monoisotopic (exact) mass is 617 g/mol. The molecule has 0 bridgehead atoms. The molecule has 0 radical (unpaired) electrons. The van der Waals surface area contributed by atoms with E-state index in [-0.39, 0.29) is 38.3 Å². The zero-order valence-corrected chi connectivity index (χ0v) is 23.9. The Morgan fingerprint density at radius 3 is 2.48 bits per heavy atom. The highest BCUT2D eigenvalue weighted by Gasteiger charge is 2.44. The number of hydrogen-bond donors (Lipinski definition) is 3. The Labute approximate surface area is 251 Å². The van der Waals surface area contributed by atoms with Crippen LogP contribution >= 0.6 is 23.2 Å². The third kappa shape index (κ3) is 7.56. The van der Waals surface area contributed by atoms with E-state index in [1.54, 1.807) is 48.5 Å². The Balaban J connectivity index is 1.47. The highest BCUT2D eigenvalue weighted by molar-refractivity contribution is 6.35. The van der Waals surface area contributed by atoms with Crippen molar-refractivity contribution in [2.24, 2.45) is 5.16 Å². The van der Waals surface area contributed by atoms with Crippen molar-refractivity contribution >= 4 is 59.0 Å². The van der Waals surface area contributed by atoms with Crippen molar-refractivity contribution in [1.29, 1.82) is 0 Å². The lowest BCUT2D eigenvalue weighted by Crippen LogP contribution is -2.64. The Morgan fingerprint density at radius 1 is 1.07 bits per heavy atom.